The first-order chi connectivity index (χ1) is 19.2. The number of amides is 2. The highest BCUT2D eigenvalue weighted by molar-refractivity contribution is 6.33. The minimum atomic E-state index is -0.585. The molecule has 0 radical (unpaired) electrons. The minimum absolute atomic E-state index is 0.00504. The number of aromatic amines is 1. The van der Waals surface area contributed by atoms with Gasteiger partial charge in [-0.2, -0.15) is 0 Å². The SMILES string of the molecule is CCC(=O)N1CCN(c2ccc(NC(=O)c3c(Nc4cnc5c(c4C)NCC(C)O5)cc[nH]c3=O)cc2Cl)CC1. The Morgan fingerprint density at radius 2 is 1.95 bits per heavy atom. The van der Waals surface area contributed by atoms with E-state index in [4.69, 9.17) is 16.3 Å². The van der Waals surface area contributed by atoms with E-state index < -0.39 is 11.5 Å². The molecule has 3 aromatic rings. The topological polar surface area (TPSA) is 132 Å². The summed E-state index contributed by atoms with van der Waals surface area (Å²) >= 11 is 6.60. The maximum atomic E-state index is 13.3. The fraction of sp³-hybridized carbons (Fsp3) is 0.357. The van der Waals surface area contributed by atoms with Crippen LogP contribution in [0.4, 0.5) is 28.4 Å². The highest BCUT2D eigenvalue weighted by Gasteiger charge is 2.24. The van der Waals surface area contributed by atoms with Crippen molar-refractivity contribution in [3.05, 3.63) is 63.2 Å². The first kappa shape index (κ1) is 27.3. The maximum absolute atomic E-state index is 13.3. The molecular weight excluding hydrogens is 534 g/mol. The van der Waals surface area contributed by atoms with Crippen LogP contribution in [0.15, 0.2) is 41.5 Å². The van der Waals surface area contributed by atoms with Crippen LogP contribution in [0.25, 0.3) is 0 Å². The molecule has 210 valence electrons. The Morgan fingerprint density at radius 1 is 1.18 bits per heavy atom. The van der Waals surface area contributed by atoms with Crippen molar-refractivity contribution in [1.29, 1.82) is 0 Å². The van der Waals surface area contributed by atoms with Gasteiger partial charge in [-0.1, -0.05) is 18.5 Å². The van der Waals surface area contributed by atoms with Gasteiger partial charge < -0.3 is 35.5 Å². The lowest BCUT2D eigenvalue weighted by molar-refractivity contribution is -0.131. The second kappa shape index (κ2) is 11.5. The van der Waals surface area contributed by atoms with E-state index in [1.807, 2.05) is 31.7 Å². The standard InChI is InChI=1S/C28H32ClN7O4/c1-4-23(37)36-11-9-35(10-12-36)22-6-5-18(13-19(22)29)33-27(39)24-20(7-8-30-26(24)38)34-21-15-32-28-25(17(21)3)31-14-16(2)40-28/h5-8,13,15-16,31H,4,9-12,14H2,1-3H3,(H,33,39)(H2,30,34,38). The zero-order valence-corrected chi connectivity index (χ0v) is 23.4. The molecule has 2 aromatic heterocycles. The van der Waals surface area contributed by atoms with Crippen LogP contribution in [0.3, 0.4) is 0 Å². The molecular formula is C28H32ClN7O4. The average Bonchev–Trinajstić information content (AvgIpc) is 2.94. The fourth-order valence-electron chi connectivity index (χ4n) is 4.89. The van der Waals surface area contributed by atoms with E-state index in [0.717, 1.165) is 16.9 Å². The lowest BCUT2D eigenvalue weighted by atomic mass is 10.1. The van der Waals surface area contributed by atoms with E-state index in [2.05, 4.69) is 30.8 Å². The van der Waals surface area contributed by atoms with Gasteiger partial charge in [-0.3, -0.25) is 14.4 Å². The van der Waals surface area contributed by atoms with Crippen LogP contribution < -0.4 is 31.1 Å². The average molecular weight is 566 g/mol. The normalized spacial score (nSPS) is 16.4. The first-order valence-corrected chi connectivity index (χ1v) is 13.7. The van der Waals surface area contributed by atoms with Crippen molar-refractivity contribution < 1.29 is 14.3 Å². The third kappa shape index (κ3) is 5.55. The molecule has 12 heteroatoms. The molecule has 2 aliphatic rings. The zero-order chi connectivity index (χ0) is 28.4. The number of H-pyrrole nitrogens is 1. The smallest absolute Gasteiger partial charge is 0.263 e. The highest BCUT2D eigenvalue weighted by atomic mass is 35.5. The highest BCUT2D eigenvalue weighted by Crippen LogP contribution is 2.35. The van der Waals surface area contributed by atoms with Gasteiger partial charge in [0.1, 0.15) is 17.4 Å². The fourth-order valence-corrected chi connectivity index (χ4v) is 5.19. The molecule has 2 aliphatic heterocycles. The Kier molecular flexibility index (Phi) is 7.83. The largest absolute Gasteiger partial charge is 0.471 e. The number of halogens is 1. The predicted molar refractivity (Wildman–Crippen MR) is 156 cm³/mol. The maximum Gasteiger partial charge on any atom is 0.263 e. The van der Waals surface area contributed by atoms with E-state index in [1.165, 1.54) is 6.20 Å². The minimum Gasteiger partial charge on any atom is -0.471 e. The molecule has 4 heterocycles. The third-order valence-electron chi connectivity index (χ3n) is 7.12. The predicted octanol–water partition coefficient (Wildman–Crippen LogP) is 3.98. The number of piperazine rings is 1. The van der Waals surface area contributed by atoms with Crippen molar-refractivity contribution in [2.75, 3.05) is 53.6 Å². The Labute approximate surface area is 236 Å². The van der Waals surface area contributed by atoms with E-state index >= 15 is 0 Å². The van der Waals surface area contributed by atoms with Gasteiger partial charge in [0, 0.05) is 50.0 Å². The van der Waals surface area contributed by atoms with Crippen molar-refractivity contribution >= 4 is 51.9 Å². The number of pyridine rings is 2. The van der Waals surface area contributed by atoms with Gasteiger partial charge in [0.05, 0.1) is 34.8 Å². The van der Waals surface area contributed by atoms with Crippen LogP contribution >= 0.6 is 11.6 Å². The van der Waals surface area contributed by atoms with Crippen molar-refractivity contribution in [3.8, 4) is 5.88 Å². The molecule has 0 aliphatic carbocycles. The van der Waals surface area contributed by atoms with Crippen LogP contribution in [0, 0.1) is 6.92 Å². The number of carbonyl (C=O) groups excluding carboxylic acids is 2. The van der Waals surface area contributed by atoms with Gasteiger partial charge in [-0.05, 0) is 38.1 Å². The third-order valence-corrected chi connectivity index (χ3v) is 7.42. The number of hydrogen-bond donors (Lipinski definition) is 4. The molecule has 1 unspecified atom stereocenters. The quantitative estimate of drug-likeness (QED) is 0.353. The van der Waals surface area contributed by atoms with Crippen molar-refractivity contribution in [2.24, 2.45) is 0 Å². The number of anilines is 5. The monoisotopic (exact) mass is 565 g/mol. The van der Waals surface area contributed by atoms with Gasteiger partial charge >= 0.3 is 0 Å². The van der Waals surface area contributed by atoms with Crippen molar-refractivity contribution in [2.45, 2.75) is 33.3 Å². The van der Waals surface area contributed by atoms with Gasteiger partial charge in [-0.15, -0.1) is 0 Å². The Morgan fingerprint density at radius 3 is 2.67 bits per heavy atom. The number of rotatable bonds is 6. The summed E-state index contributed by atoms with van der Waals surface area (Å²) in [6, 6.07) is 6.87. The summed E-state index contributed by atoms with van der Waals surface area (Å²) in [5, 5.41) is 9.77. The van der Waals surface area contributed by atoms with E-state index in [0.29, 0.717) is 67.1 Å². The Balaban J connectivity index is 1.32. The molecule has 0 spiro atoms. The van der Waals surface area contributed by atoms with Crippen LogP contribution in [0.5, 0.6) is 5.88 Å². The van der Waals surface area contributed by atoms with E-state index in [9.17, 15) is 14.4 Å². The summed E-state index contributed by atoms with van der Waals surface area (Å²) in [7, 11) is 0. The van der Waals surface area contributed by atoms with Gasteiger partial charge in [0.2, 0.25) is 11.8 Å². The number of aromatic nitrogens is 2. The number of nitrogens with zero attached hydrogens (tertiary/aromatic N) is 3. The number of benzene rings is 1. The van der Waals surface area contributed by atoms with Crippen LogP contribution in [0.2, 0.25) is 5.02 Å². The number of fused-ring (bicyclic) bond motifs is 1. The number of hydrogen-bond acceptors (Lipinski definition) is 8. The lowest BCUT2D eigenvalue weighted by Gasteiger charge is -2.36. The number of ether oxygens (including phenoxy) is 1. The number of nitrogens with one attached hydrogen (secondary N) is 4. The summed E-state index contributed by atoms with van der Waals surface area (Å²) in [5.41, 5.74) is 3.26. The molecule has 0 saturated carbocycles. The molecule has 2 amide bonds. The molecule has 1 fully saturated rings. The summed E-state index contributed by atoms with van der Waals surface area (Å²) in [4.78, 5) is 49.0. The molecule has 0 bridgehead atoms. The van der Waals surface area contributed by atoms with Crippen molar-refractivity contribution in [1.82, 2.24) is 14.9 Å². The Bertz CT molecular complexity index is 1500. The summed E-state index contributed by atoms with van der Waals surface area (Å²) < 4.78 is 5.79. The molecule has 1 atom stereocenters. The van der Waals surface area contributed by atoms with Crippen LogP contribution in [-0.4, -0.2) is 65.5 Å². The molecule has 1 saturated heterocycles. The first-order valence-electron chi connectivity index (χ1n) is 13.3. The van der Waals surface area contributed by atoms with E-state index in [1.54, 1.807) is 24.4 Å². The second-order valence-corrected chi connectivity index (χ2v) is 10.3. The van der Waals surface area contributed by atoms with E-state index in [-0.39, 0.29) is 17.6 Å². The van der Waals surface area contributed by atoms with Crippen molar-refractivity contribution in [3.63, 3.8) is 0 Å². The summed E-state index contributed by atoms with van der Waals surface area (Å²) in [5.74, 6) is 0.0768. The number of carbonyl (C=O) groups is 2. The summed E-state index contributed by atoms with van der Waals surface area (Å²) in [6.07, 6.45) is 3.59. The summed E-state index contributed by atoms with van der Waals surface area (Å²) in [6.45, 7) is 8.98. The van der Waals surface area contributed by atoms with Gasteiger partial charge in [0.15, 0.2) is 0 Å². The lowest BCUT2D eigenvalue weighted by Crippen LogP contribution is -2.48. The molecule has 5 rings (SSSR count). The van der Waals surface area contributed by atoms with Crippen LogP contribution in [0.1, 0.15) is 36.2 Å². The zero-order valence-electron chi connectivity index (χ0n) is 22.6. The van der Waals surface area contributed by atoms with Crippen LogP contribution in [-0.2, 0) is 4.79 Å². The van der Waals surface area contributed by atoms with Gasteiger partial charge in [-0.25, -0.2) is 4.98 Å². The molecule has 1 aromatic carbocycles. The molecule has 11 nitrogen and oxygen atoms in total. The Hall–Kier alpha value is -4.25. The second-order valence-electron chi connectivity index (χ2n) is 9.85. The molecule has 4 N–H and O–H groups in total. The van der Waals surface area contributed by atoms with Gasteiger partial charge in [0.25, 0.3) is 11.5 Å². The molecule has 40 heavy (non-hydrogen) atoms.